The third kappa shape index (κ3) is 3.16. The predicted molar refractivity (Wildman–Crippen MR) is 94.8 cm³/mol. The summed E-state index contributed by atoms with van der Waals surface area (Å²) in [4.78, 5) is 13.0. The van der Waals surface area contributed by atoms with Crippen molar-refractivity contribution in [2.75, 3.05) is 7.11 Å². The highest BCUT2D eigenvalue weighted by Gasteiger charge is 2.13. The second-order valence-electron chi connectivity index (χ2n) is 5.16. The first-order chi connectivity index (χ1) is 12.3. The molecule has 4 rings (SSSR count). The Bertz CT molecular complexity index is 987. The van der Waals surface area contributed by atoms with Crippen molar-refractivity contribution in [3.05, 3.63) is 60.7 Å². The lowest BCUT2D eigenvalue weighted by molar-refractivity contribution is 0.414. The SMILES string of the molecule is COc1ccc(-n2nnc3c(SCc4ccccn4)ncnc32)cc1. The molecule has 4 aromatic rings. The van der Waals surface area contributed by atoms with Gasteiger partial charge in [-0.3, -0.25) is 4.98 Å². The van der Waals surface area contributed by atoms with E-state index in [1.165, 1.54) is 6.33 Å². The molecule has 0 spiro atoms. The van der Waals surface area contributed by atoms with Gasteiger partial charge in [-0.05, 0) is 36.4 Å². The van der Waals surface area contributed by atoms with E-state index in [4.69, 9.17) is 4.74 Å². The summed E-state index contributed by atoms with van der Waals surface area (Å²) in [5.41, 5.74) is 3.20. The zero-order valence-corrected chi connectivity index (χ0v) is 14.2. The maximum atomic E-state index is 5.19. The Labute approximate surface area is 148 Å². The Morgan fingerprint density at radius 3 is 2.68 bits per heavy atom. The van der Waals surface area contributed by atoms with Crippen LogP contribution >= 0.6 is 11.8 Å². The zero-order chi connectivity index (χ0) is 17.1. The summed E-state index contributed by atoms with van der Waals surface area (Å²) < 4.78 is 6.88. The normalized spacial score (nSPS) is 10.9. The Hall–Kier alpha value is -3.00. The first-order valence-corrected chi connectivity index (χ1v) is 8.57. The summed E-state index contributed by atoms with van der Waals surface area (Å²) in [5, 5.41) is 9.28. The Morgan fingerprint density at radius 2 is 1.92 bits per heavy atom. The maximum Gasteiger partial charge on any atom is 0.187 e. The van der Waals surface area contributed by atoms with Crippen molar-refractivity contribution < 1.29 is 4.74 Å². The van der Waals surface area contributed by atoms with Crippen LogP contribution < -0.4 is 4.74 Å². The van der Waals surface area contributed by atoms with Gasteiger partial charge in [0.25, 0.3) is 0 Å². The van der Waals surface area contributed by atoms with Crippen molar-refractivity contribution >= 4 is 22.9 Å². The Morgan fingerprint density at radius 1 is 1.04 bits per heavy atom. The molecule has 0 aliphatic heterocycles. The van der Waals surface area contributed by atoms with E-state index < -0.39 is 0 Å². The van der Waals surface area contributed by atoms with Gasteiger partial charge in [0.2, 0.25) is 0 Å². The third-order valence-corrected chi connectivity index (χ3v) is 4.62. The molecule has 0 aliphatic carbocycles. The van der Waals surface area contributed by atoms with Crippen LogP contribution in [0.1, 0.15) is 5.69 Å². The largest absolute Gasteiger partial charge is 0.497 e. The molecule has 0 bridgehead atoms. The molecule has 8 heteroatoms. The van der Waals surface area contributed by atoms with Crippen molar-refractivity contribution in [1.82, 2.24) is 29.9 Å². The van der Waals surface area contributed by atoms with E-state index in [0.717, 1.165) is 22.2 Å². The third-order valence-electron chi connectivity index (χ3n) is 3.60. The number of hydrogen-bond acceptors (Lipinski definition) is 7. The molecule has 0 saturated heterocycles. The highest BCUT2D eigenvalue weighted by atomic mass is 32.2. The number of hydrogen-bond donors (Lipinski definition) is 0. The van der Waals surface area contributed by atoms with Crippen LogP contribution in [0, 0.1) is 0 Å². The summed E-state index contributed by atoms with van der Waals surface area (Å²) in [6, 6.07) is 13.4. The topological polar surface area (TPSA) is 78.6 Å². The van der Waals surface area contributed by atoms with E-state index in [1.807, 2.05) is 42.5 Å². The Balaban J connectivity index is 1.65. The molecular formula is C17H14N6OS. The van der Waals surface area contributed by atoms with Crippen molar-refractivity contribution in [3.63, 3.8) is 0 Å². The van der Waals surface area contributed by atoms with E-state index in [-0.39, 0.29) is 0 Å². The molecule has 0 fully saturated rings. The molecule has 7 nitrogen and oxygen atoms in total. The summed E-state index contributed by atoms with van der Waals surface area (Å²) in [7, 11) is 1.64. The summed E-state index contributed by atoms with van der Waals surface area (Å²) >= 11 is 1.57. The van der Waals surface area contributed by atoms with Gasteiger partial charge in [0.05, 0.1) is 18.5 Å². The average Bonchev–Trinajstić information content (AvgIpc) is 3.12. The molecule has 0 unspecified atom stereocenters. The van der Waals surface area contributed by atoms with E-state index in [1.54, 1.807) is 29.8 Å². The predicted octanol–water partition coefficient (Wildman–Crippen LogP) is 2.91. The molecule has 124 valence electrons. The van der Waals surface area contributed by atoms with Gasteiger partial charge in [0.15, 0.2) is 11.2 Å². The van der Waals surface area contributed by atoms with E-state index >= 15 is 0 Å². The van der Waals surface area contributed by atoms with Gasteiger partial charge in [-0.1, -0.05) is 23.0 Å². The summed E-state index contributed by atoms with van der Waals surface area (Å²) in [6.45, 7) is 0. The van der Waals surface area contributed by atoms with Crippen LogP contribution in [-0.4, -0.2) is 37.1 Å². The average molecular weight is 350 g/mol. The molecule has 0 N–H and O–H groups in total. The highest BCUT2D eigenvalue weighted by molar-refractivity contribution is 7.98. The van der Waals surface area contributed by atoms with Crippen LogP contribution in [-0.2, 0) is 5.75 Å². The van der Waals surface area contributed by atoms with Crippen LogP contribution in [0.5, 0.6) is 5.75 Å². The number of benzene rings is 1. The number of methoxy groups -OCH3 is 1. The van der Waals surface area contributed by atoms with Crippen LogP contribution in [0.2, 0.25) is 0 Å². The maximum absolute atomic E-state index is 5.19. The standard InChI is InChI=1S/C17H14N6OS/c1-24-14-7-5-13(6-8-14)23-16-15(21-22-23)17(20-11-19-16)25-10-12-4-2-3-9-18-12/h2-9,11H,10H2,1H3. The minimum Gasteiger partial charge on any atom is -0.497 e. The van der Waals surface area contributed by atoms with Crippen LogP contribution in [0.15, 0.2) is 60.0 Å². The molecule has 0 radical (unpaired) electrons. The fourth-order valence-corrected chi connectivity index (χ4v) is 3.20. The van der Waals surface area contributed by atoms with Crippen LogP contribution in [0.3, 0.4) is 0 Å². The summed E-state index contributed by atoms with van der Waals surface area (Å²) in [6.07, 6.45) is 3.32. The minimum absolute atomic E-state index is 0.670. The van der Waals surface area contributed by atoms with Gasteiger partial charge in [0.1, 0.15) is 17.1 Å². The van der Waals surface area contributed by atoms with Gasteiger partial charge in [-0.25, -0.2) is 9.97 Å². The van der Waals surface area contributed by atoms with Crippen LogP contribution in [0.25, 0.3) is 16.9 Å². The quantitative estimate of drug-likeness (QED) is 0.404. The number of aromatic nitrogens is 6. The molecular weight excluding hydrogens is 336 g/mol. The number of ether oxygens (including phenoxy) is 1. The molecule has 3 aromatic heterocycles. The van der Waals surface area contributed by atoms with Gasteiger partial charge in [0, 0.05) is 11.9 Å². The van der Waals surface area contributed by atoms with Crippen molar-refractivity contribution in [2.45, 2.75) is 10.8 Å². The fourth-order valence-electron chi connectivity index (χ4n) is 2.36. The molecule has 1 aromatic carbocycles. The highest BCUT2D eigenvalue weighted by Crippen LogP contribution is 2.26. The van der Waals surface area contributed by atoms with Crippen LogP contribution in [0.4, 0.5) is 0 Å². The van der Waals surface area contributed by atoms with Crippen molar-refractivity contribution in [1.29, 1.82) is 0 Å². The molecule has 25 heavy (non-hydrogen) atoms. The molecule has 0 atom stereocenters. The summed E-state index contributed by atoms with van der Waals surface area (Å²) in [5.74, 6) is 1.50. The number of pyridine rings is 1. The molecule has 0 saturated carbocycles. The first-order valence-electron chi connectivity index (χ1n) is 7.59. The van der Waals surface area contributed by atoms with Gasteiger partial charge in [-0.15, -0.1) is 5.10 Å². The smallest absolute Gasteiger partial charge is 0.187 e. The lowest BCUT2D eigenvalue weighted by Gasteiger charge is -2.04. The second kappa shape index (κ2) is 6.86. The Kier molecular flexibility index (Phi) is 4.26. The molecule has 3 heterocycles. The minimum atomic E-state index is 0.670. The number of nitrogens with zero attached hydrogens (tertiary/aromatic N) is 6. The number of rotatable bonds is 5. The molecule has 0 aliphatic rings. The molecule has 0 amide bonds. The lowest BCUT2D eigenvalue weighted by atomic mass is 10.3. The van der Waals surface area contributed by atoms with Crippen molar-refractivity contribution in [2.24, 2.45) is 0 Å². The first kappa shape index (κ1) is 15.5. The monoisotopic (exact) mass is 350 g/mol. The number of fused-ring (bicyclic) bond motifs is 1. The van der Waals surface area contributed by atoms with E-state index in [0.29, 0.717) is 16.9 Å². The number of thioether (sulfide) groups is 1. The van der Waals surface area contributed by atoms with Crippen molar-refractivity contribution in [3.8, 4) is 11.4 Å². The van der Waals surface area contributed by atoms with Gasteiger partial charge in [-0.2, -0.15) is 4.68 Å². The van der Waals surface area contributed by atoms with Gasteiger partial charge >= 0.3 is 0 Å². The van der Waals surface area contributed by atoms with Gasteiger partial charge < -0.3 is 4.74 Å². The van der Waals surface area contributed by atoms with E-state index in [2.05, 4.69) is 25.3 Å². The van der Waals surface area contributed by atoms with E-state index in [9.17, 15) is 0 Å². The fraction of sp³-hybridized carbons (Fsp3) is 0.118. The second-order valence-corrected chi connectivity index (χ2v) is 6.12. The zero-order valence-electron chi connectivity index (χ0n) is 13.4. The lowest BCUT2D eigenvalue weighted by Crippen LogP contribution is -1.98.